The van der Waals surface area contributed by atoms with Crippen molar-refractivity contribution in [1.82, 2.24) is 19.8 Å². The molecule has 1 aliphatic carbocycles. The third-order valence-corrected chi connectivity index (χ3v) is 10.7. The third-order valence-electron chi connectivity index (χ3n) is 10.7. The van der Waals surface area contributed by atoms with Crippen molar-refractivity contribution < 1.29 is 13.9 Å². The molecule has 3 fully saturated rings. The third kappa shape index (κ3) is 5.34. The second kappa shape index (κ2) is 12.2. The first-order valence-electron chi connectivity index (χ1n) is 16.5. The van der Waals surface area contributed by atoms with Crippen molar-refractivity contribution in [3.05, 3.63) is 65.6 Å². The Balaban J connectivity index is 1.30. The highest BCUT2D eigenvalue weighted by atomic mass is 19.1. The number of aromatic nitrogens is 2. The van der Waals surface area contributed by atoms with Crippen LogP contribution in [0, 0.1) is 18.3 Å². The van der Waals surface area contributed by atoms with Gasteiger partial charge in [0.1, 0.15) is 12.4 Å². The second-order valence-electron chi connectivity index (χ2n) is 13.5. The van der Waals surface area contributed by atoms with Crippen LogP contribution in [-0.4, -0.2) is 84.1 Å². The molecule has 0 N–H and O–H groups in total. The van der Waals surface area contributed by atoms with Gasteiger partial charge in [-0.05, 0) is 63.2 Å². The zero-order valence-corrected chi connectivity index (χ0v) is 26.8. The van der Waals surface area contributed by atoms with Crippen LogP contribution in [0.4, 0.5) is 15.9 Å². The van der Waals surface area contributed by atoms with E-state index in [-0.39, 0.29) is 18.4 Å². The molecule has 3 aromatic rings. The summed E-state index contributed by atoms with van der Waals surface area (Å²) < 4.78 is 20.3. The Hall–Kier alpha value is -4.23. The number of amides is 1. The lowest BCUT2D eigenvalue weighted by Gasteiger charge is -2.52. The molecule has 1 aromatic heterocycles. The van der Waals surface area contributed by atoms with Crippen LogP contribution in [0.2, 0.25) is 0 Å². The van der Waals surface area contributed by atoms with Crippen LogP contribution in [0.15, 0.2) is 48.8 Å². The van der Waals surface area contributed by atoms with Crippen LogP contribution in [0.1, 0.15) is 55.3 Å². The number of rotatable bonds is 7. The number of carbonyl (C=O) groups excluding carboxylic acids is 1. The van der Waals surface area contributed by atoms with Gasteiger partial charge in [-0.2, -0.15) is 15.2 Å². The van der Waals surface area contributed by atoms with Crippen molar-refractivity contribution in [2.75, 3.05) is 56.2 Å². The summed E-state index contributed by atoms with van der Waals surface area (Å²) in [7, 11) is 2.13. The molecule has 10 heteroatoms. The van der Waals surface area contributed by atoms with E-state index in [0.29, 0.717) is 38.3 Å². The lowest BCUT2D eigenvalue weighted by Crippen LogP contribution is -2.57. The van der Waals surface area contributed by atoms with Gasteiger partial charge in [-0.3, -0.25) is 4.79 Å². The van der Waals surface area contributed by atoms with Crippen LogP contribution in [0.25, 0.3) is 10.8 Å². The van der Waals surface area contributed by atoms with Crippen molar-refractivity contribution in [3.63, 3.8) is 0 Å². The first kappa shape index (κ1) is 30.4. The molecule has 0 radical (unpaired) electrons. The molecular formula is C36H42FN7O2. The summed E-state index contributed by atoms with van der Waals surface area (Å²) in [5.41, 5.74) is 4.49. The summed E-state index contributed by atoms with van der Waals surface area (Å²) in [5, 5.41) is 12.1. The van der Waals surface area contributed by atoms with Gasteiger partial charge in [0.15, 0.2) is 5.83 Å². The van der Waals surface area contributed by atoms with Gasteiger partial charge in [-0.15, -0.1) is 0 Å². The lowest BCUT2D eigenvalue weighted by atomic mass is 9.62. The molecule has 240 valence electrons. The molecule has 46 heavy (non-hydrogen) atoms. The maximum Gasteiger partial charge on any atom is 0.318 e. The average Bonchev–Trinajstić information content (AvgIpc) is 3.46. The summed E-state index contributed by atoms with van der Waals surface area (Å²) in [6.45, 7) is 9.59. The fraction of sp³-hybridized carbons (Fsp3) is 0.500. The number of hydrogen-bond donors (Lipinski definition) is 0. The highest BCUT2D eigenvalue weighted by molar-refractivity contribution is 5.97. The van der Waals surface area contributed by atoms with Gasteiger partial charge in [-0.1, -0.05) is 43.3 Å². The topological polar surface area (TPSA) is 88.8 Å². The largest absolute Gasteiger partial charge is 0.462 e. The highest BCUT2D eigenvalue weighted by Crippen LogP contribution is 2.52. The number of ether oxygens (including phenoxy) is 1. The van der Waals surface area contributed by atoms with Crippen molar-refractivity contribution in [2.24, 2.45) is 0 Å². The Kier molecular flexibility index (Phi) is 8.05. The lowest BCUT2D eigenvalue weighted by molar-refractivity contribution is -0.131. The number of likely N-dealkylation sites (N-methyl/N-ethyl adjacent to an activating group) is 1. The Bertz CT molecular complexity index is 1710. The van der Waals surface area contributed by atoms with Gasteiger partial charge in [0, 0.05) is 54.3 Å². The minimum atomic E-state index is -0.999. The minimum Gasteiger partial charge on any atom is -0.462 e. The average molecular weight is 624 g/mol. The maximum atomic E-state index is 14.0. The Morgan fingerprint density at radius 3 is 2.61 bits per heavy atom. The number of anilines is 2. The quantitative estimate of drug-likeness (QED) is 0.329. The molecule has 1 saturated carbocycles. The number of nitriles is 1. The molecule has 4 aliphatic rings. The molecule has 0 unspecified atom stereocenters. The SMILES string of the molecule is C=C(F)C(=O)N1CCN(c2nc(OC[C@@H]3CCCN3C)nc3c2C2(CCC2)CN(c2cccc4cccc(C)c24)C3)C[C@@H]1CC#N. The van der Waals surface area contributed by atoms with Gasteiger partial charge < -0.3 is 24.3 Å². The Morgan fingerprint density at radius 2 is 1.91 bits per heavy atom. The van der Waals surface area contributed by atoms with Crippen molar-refractivity contribution in [1.29, 1.82) is 5.26 Å². The number of nitrogens with zero attached hydrogens (tertiary/aromatic N) is 7. The van der Waals surface area contributed by atoms with E-state index in [1.807, 2.05) is 0 Å². The summed E-state index contributed by atoms with van der Waals surface area (Å²) in [4.78, 5) is 31.4. The molecule has 2 atom stereocenters. The van der Waals surface area contributed by atoms with E-state index in [2.05, 4.69) is 77.7 Å². The molecule has 1 amide bonds. The number of fused-ring (bicyclic) bond motifs is 3. The summed E-state index contributed by atoms with van der Waals surface area (Å²) in [6, 6.07) is 15.4. The van der Waals surface area contributed by atoms with E-state index >= 15 is 0 Å². The number of halogens is 1. The zero-order valence-electron chi connectivity index (χ0n) is 26.8. The van der Waals surface area contributed by atoms with Gasteiger partial charge >= 0.3 is 6.01 Å². The molecule has 4 heterocycles. The standard InChI is InChI=1S/C36H42FN7O2/c1-24-8-4-9-26-10-5-12-30(31(24)26)43-21-29-32(36(23-43)14-7-15-36)33(40-35(39-29)46-22-28-11-6-17-41(28)3)42-18-19-44(34(45)25(2)37)27(20-42)13-16-38/h4-5,8-10,12,27-28H,2,6-7,11,13-15,17-23H2,1,3H3/t27-,28-/m0/s1. The van der Waals surface area contributed by atoms with Gasteiger partial charge in [0.2, 0.25) is 0 Å². The van der Waals surface area contributed by atoms with Crippen LogP contribution in [0.5, 0.6) is 6.01 Å². The Morgan fingerprint density at radius 1 is 1.11 bits per heavy atom. The first-order valence-corrected chi connectivity index (χ1v) is 16.5. The van der Waals surface area contributed by atoms with Crippen LogP contribution < -0.4 is 14.5 Å². The van der Waals surface area contributed by atoms with Crippen LogP contribution in [0.3, 0.4) is 0 Å². The molecular weight excluding hydrogens is 581 g/mol. The smallest absolute Gasteiger partial charge is 0.318 e. The van der Waals surface area contributed by atoms with E-state index in [0.717, 1.165) is 56.7 Å². The van der Waals surface area contributed by atoms with E-state index in [1.54, 1.807) is 0 Å². The molecule has 7 rings (SSSR count). The molecule has 9 nitrogen and oxygen atoms in total. The van der Waals surface area contributed by atoms with Gasteiger partial charge in [-0.25, -0.2) is 4.39 Å². The van der Waals surface area contributed by atoms with Crippen molar-refractivity contribution in [2.45, 2.75) is 69.5 Å². The molecule has 1 spiro atoms. The van der Waals surface area contributed by atoms with Gasteiger partial charge in [0.25, 0.3) is 5.91 Å². The van der Waals surface area contributed by atoms with Crippen molar-refractivity contribution in [3.8, 4) is 12.1 Å². The molecule has 0 bridgehead atoms. The maximum absolute atomic E-state index is 14.0. The molecule has 2 saturated heterocycles. The number of aryl methyl sites for hydroxylation is 1. The van der Waals surface area contributed by atoms with Gasteiger partial charge in [0.05, 0.1) is 30.8 Å². The predicted octanol–water partition coefficient (Wildman–Crippen LogP) is 5.27. The number of benzene rings is 2. The van der Waals surface area contributed by atoms with E-state index in [4.69, 9.17) is 14.7 Å². The number of hydrogen-bond acceptors (Lipinski definition) is 8. The first-order chi connectivity index (χ1) is 22.3. The monoisotopic (exact) mass is 623 g/mol. The van der Waals surface area contributed by atoms with E-state index < -0.39 is 17.8 Å². The Labute approximate surface area is 270 Å². The fourth-order valence-electron chi connectivity index (χ4n) is 8.17. The highest BCUT2D eigenvalue weighted by Gasteiger charge is 2.49. The molecule has 3 aliphatic heterocycles. The van der Waals surface area contributed by atoms with Crippen LogP contribution in [-0.2, 0) is 16.8 Å². The van der Waals surface area contributed by atoms with E-state index in [1.165, 1.54) is 32.5 Å². The van der Waals surface area contributed by atoms with Crippen LogP contribution >= 0.6 is 0 Å². The molecule has 2 aromatic carbocycles. The minimum absolute atomic E-state index is 0.0967. The van der Waals surface area contributed by atoms with E-state index in [9.17, 15) is 14.4 Å². The number of piperazine rings is 1. The summed E-state index contributed by atoms with van der Waals surface area (Å²) in [5.74, 6) is -0.909. The summed E-state index contributed by atoms with van der Waals surface area (Å²) in [6.07, 6.45) is 5.52. The number of carbonyl (C=O) groups is 1. The second-order valence-corrected chi connectivity index (χ2v) is 13.5. The normalized spacial score (nSPS) is 22.4. The predicted molar refractivity (Wildman–Crippen MR) is 177 cm³/mol. The van der Waals surface area contributed by atoms with Crippen molar-refractivity contribution >= 4 is 28.2 Å². The zero-order chi connectivity index (χ0) is 32.0. The fourth-order valence-corrected chi connectivity index (χ4v) is 8.17. The number of likely N-dealkylation sites (tertiary alicyclic amines) is 1. The summed E-state index contributed by atoms with van der Waals surface area (Å²) >= 11 is 0.